The molecule has 1 fully saturated rings. The summed E-state index contributed by atoms with van der Waals surface area (Å²) in [6.07, 6.45) is 5.36. The van der Waals surface area contributed by atoms with Crippen molar-refractivity contribution in [1.82, 2.24) is 24.6 Å². The van der Waals surface area contributed by atoms with E-state index in [0.717, 1.165) is 0 Å². The van der Waals surface area contributed by atoms with Gasteiger partial charge in [0.15, 0.2) is 5.78 Å². The van der Waals surface area contributed by atoms with Crippen LogP contribution in [0.2, 0.25) is 0 Å². The highest BCUT2D eigenvalue weighted by molar-refractivity contribution is 5.97. The number of hydrogen-bond donors (Lipinski definition) is 1. The standard InChI is InChI=1S/C24H28FN5O3/c1-14(8-20-27-22-15(2)10-18(25)11-19(22)24(33)28-20)9-21(31)30-6-4-16(5-7-30)23(32)17-12-26-29(3)13-17/h10-14,16H,4-9H2,1-3H3,(H,27,28,33)/t14-/m1/s1. The van der Waals surface area contributed by atoms with Gasteiger partial charge in [-0.2, -0.15) is 5.10 Å². The van der Waals surface area contributed by atoms with Crippen molar-refractivity contribution < 1.29 is 14.0 Å². The van der Waals surface area contributed by atoms with Crippen molar-refractivity contribution in [1.29, 1.82) is 0 Å². The van der Waals surface area contributed by atoms with Gasteiger partial charge in [-0.05, 0) is 43.4 Å². The Bertz CT molecular complexity index is 1260. The second-order valence-corrected chi connectivity index (χ2v) is 9.07. The summed E-state index contributed by atoms with van der Waals surface area (Å²) >= 11 is 0. The number of carbonyl (C=O) groups is 2. The van der Waals surface area contributed by atoms with E-state index in [4.69, 9.17) is 0 Å². The molecule has 0 bridgehead atoms. The number of nitrogens with one attached hydrogen (secondary N) is 1. The van der Waals surface area contributed by atoms with Crippen LogP contribution >= 0.6 is 0 Å². The van der Waals surface area contributed by atoms with Crippen LogP contribution in [0.1, 0.15) is 47.9 Å². The van der Waals surface area contributed by atoms with Gasteiger partial charge in [0.2, 0.25) is 5.91 Å². The molecule has 1 aliphatic rings. The maximum absolute atomic E-state index is 13.6. The normalized spacial score (nSPS) is 15.7. The maximum atomic E-state index is 13.6. The summed E-state index contributed by atoms with van der Waals surface area (Å²) in [6, 6.07) is 2.54. The molecule has 8 nitrogen and oxygen atoms in total. The fraction of sp³-hybridized carbons (Fsp3) is 0.458. The third kappa shape index (κ3) is 5.02. The molecule has 33 heavy (non-hydrogen) atoms. The van der Waals surface area contributed by atoms with E-state index in [1.54, 1.807) is 31.0 Å². The number of halogens is 1. The van der Waals surface area contributed by atoms with Crippen molar-refractivity contribution in [2.45, 2.75) is 39.5 Å². The zero-order valence-corrected chi connectivity index (χ0v) is 19.1. The zero-order chi connectivity index (χ0) is 23.7. The molecule has 174 valence electrons. The Morgan fingerprint density at radius 1 is 1.27 bits per heavy atom. The van der Waals surface area contributed by atoms with E-state index in [2.05, 4.69) is 15.1 Å². The molecule has 1 amide bonds. The number of ketones is 1. The van der Waals surface area contributed by atoms with Gasteiger partial charge in [0.1, 0.15) is 11.6 Å². The monoisotopic (exact) mass is 453 g/mol. The lowest BCUT2D eigenvalue weighted by Gasteiger charge is -2.32. The second kappa shape index (κ2) is 9.25. The topological polar surface area (TPSA) is 101 Å². The van der Waals surface area contributed by atoms with E-state index in [-0.39, 0.29) is 34.5 Å². The molecule has 3 aromatic rings. The van der Waals surface area contributed by atoms with Gasteiger partial charge >= 0.3 is 0 Å². The van der Waals surface area contributed by atoms with Crippen molar-refractivity contribution in [3.05, 3.63) is 57.6 Å². The van der Waals surface area contributed by atoms with E-state index in [9.17, 15) is 18.8 Å². The van der Waals surface area contributed by atoms with Crippen LogP contribution in [0.25, 0.3) is 10.9 Å². The molecule has 4 rings (SSSR count). The van der Waals surface area contributed by atoms with E-state index in [1.165, 1.54) is 12.1 Å². The predicted molar refractivity (Wildman–Crippen MR) is 121 cm³/mol. The molecule has 1 aliphatic heterocycles. The second-order valence-electron chi connectivity index (χ2n) is 9.07. The number of carbonyl (C=O) groups excluding carboxylic acids is 2. The van der Waals surface area contributed by atoms with Gasteiger partial charge in [-0.15, -0.1) is 0 Å². The first-order valence-corrected chi connectivity index (χ1v) is 11.2. The van der Waals surface area contributed by atoms with Crippen LogP contribution in [-0.4, -0.2) is 49.4 Å². The van der Waals surface area contributed by atoms with Gasteiger partial charge < -0.3 is 9.88 Å². The molecule has 2 aromatic heterocycles. The number of H-pyrrole nitrogens is 1. The van der Waals surface area contributed by atoms with Crippen molar-refractivity contribution in [3.63, 3.8) is 0 Å². The van der Waals surface area contributed by atoms with E-state index >= 15 is 0 Å². The Kier molecular flexibility index (Phi) is 6.40. The van der Waals surface area contributed by atoms with Gasteiger partial charge in [-0.3, -0.25) is 19.1 Å². The quantitative estimate of drug-likeness (QED) is 0.579. The average Bonchev–Trinajstić information content (AvgIpc) is 3.20. The molecule has 3 heterocycles. The summed E-state index contributed by atoms with van der Waals surface area (Å²) in [5.74, 6) is 0.0265. The molecule has 1 N–H and O–H groups in total. The average molecular weight is 454 g/mol. The fourth-order valence-electron chi connectivity index (χ4n) is 4.52. The number of hydrogen-bond acceptors (Lipinski definition) is 5. The predicted octanol–water partition coefficient (Wildman–Crippen LogP) is 2.79. The number of fused-ring (bicyclic) bond motifs is 1. The van der Waals surface area contributed by atoms with Crippen LogP contribution in [0.3, 0.4) is 0 Å². The van der Waals surface area contributed by atoms with Crippen LogP contribution in [0.5, 0.6) is 0 Å². The fourth-order valence-corrected chi connectivity index (χ4v) is 4.52. The van der Waals surface area contributed by atoms with Gasteiger partial charge in [0, 0.05) is 45.1 Å². The molecule has 0 saturated carbocycles. The Labute approximate surface area is 190 Å². The van der Waals surface area contributed by atoms with Gasteiger partial charge in [0.05, 0.1) is 22.7 Å². The summed E-state index contributed by atoms with van der Waals surface area (Å²) in [5, 5.41) is 4.29. The molecule has 0 radical (unpaired) electrons. The lowest BCUT2D eigenvalue weighted by Crippen LogP contribution is -2.40. The molecule has 0 unspecified atom stereocenters. The van der Waals surface area contributed by atoms with Gasteiger partial charge in [-0.1, -0.05) is 6.92 Å². The summed E-state index contributed by atoms with van der Waals surface area (Å²) in [4.78, 5) is 46.8. The minimum absolute atomic E-state index is 0.0337. The minimum Gasteiger partial charge on any atom is -0.343 e. The maximum Gasteiger partial charge on any atom is 0.258 e. The van der Waals surface area contributed by atoms with Crippen molar-refractivity contribution in [3.8, 4) is 0 Å². The summed E-state index contributed by atoms with van der Waals surface area (Å²) in [5.41, 5.74) is 1.32. The third-order valence-corrected chi connectivity index (χ3v) is 6.29. The molecular weight excluding hydrogens is 425 g/mol. The van der Waals surface area contributed by atoms with Crippen molar-refractivity contribution in [2.24, 2.45) is 18.9 Å². The van der Waals surface area contributed by atoms with Crippen LogP contribution in [0, 0.1) is 24.6 Å². The van der Waals surface area contributed by atoms with Crippen molar-refractivity contribution >= 4 is 22.6 Å². The first kappa shape index (κ1) is 22.8. The zero-order valence-electron chi connectivity index (χ0n) is 19.1. The van der Waals surface area contributed by atoms with Crippen molar-refractivity contribution in [2.75, 3.05) is 13.1 Å². The molecule has 0 aliphatic carbocycles. The number of amides is 1. The largest absolute Gasteiger partial charge is 0.343 e. The molecule has 1 atom stereocenters. The highest BCUT2D eigenvalue weighted by Crippen LogP contribution is 2.23. The first-order chi connectivity index (χ1) is 15.7. The summed E-state index contributed by atoms with van der Waals surface area (Å²) in [7, 11) is 1.78. The number of aromatic nitrogens is 4. The van der Waals surface area contributed by atoms with Crippen LogP contribution in [0.4, 0.5) is 4.39 Å². The summed E-state index contributed by atoms with van der Waals surface area (Å²) in [6.45, 7) is 4.77. The Morgan fingerprint density at radius 2 is 2.00 bits per heavy atom. The van der Waals surface area contributed by atoms with Crippen LogP contribution in [0.15, 0.2) is 29.3 Å². The SMILES string of the molecule is Cc1cc(F)cc2c(=O)[nH]c(C[C@@H](C)CC(=O)N3CCC(C(=O)c4cnn(C)c4)CC3)nc12. The Balaban J connectivity index is 1.34. The minimum atomic E-state index is -0.468. The van der Waals surface area contributed by atoms with Crippen LogP contribution < -0.4 is 5.56 Å². The lowest BCUT2D eigenvalue weighted by molar-refractivity contribution is -0.133. The number of piperidine rings is 1. The van der Waals surface area contributed by atoms with Gasteiger partial charge in [-0.25, -0.2) is 9.37 Å². The highest BCUT2D eigenvalue weighted by atomic mass is 19.1. The smallest absolute Gasteiger partial charge is 0.258 e. The third-order valence-electron chi connectivity index (χ3n) is 6.29. The molecule has 9 heteroatoms. The Hall–Kier alpha value is -3.36. The molecule has 0 spiro atoms. The molecular formula is C24H28FN5O3. The highest BCUT2D eigenvalue weighted by Gasteiger charge is 2.29. The summed E-state index contributed by atoms with van der Waals surface area (Å²) < 4.78 is 15.2. The van der Waals surface area contributed by atoms with E-state index < -0.39 is 5.82 Å². The molecule has 1 aromatic carbocycles. The van der Waals surface area contributed by atoms with Gasteiger partial charge in [0.25, 0.3) is 5.56 Å². The number of Topliss-reactive ketones (excluding diaryl/α,β-unsaturated/α-hetero) is 1. The number of benzene rings is 1. The number of aromatic amines is 1. The number of nitrogens with zero attached hydrogens (tertiary/aromatic N) is 4. The number of likely N-dealkylation sites (tertiary alicyclic amines) is 1. The Morgan fingerprint density at radius 3 is 2.67 bits per heavy atom. The lowest BCUT2D eigenvalue weighted by atomic mass is 9.89. The van der Waals surface area contributed by atoms with E-state index in [1.807, 2.05) is 11.8 Å². The number of aryl methyl sites for hydroxylation is 2. The van der Waals surface area contributed by atoms with Crippen LogP contribution in [-0.2, 0) is 18.3 Å². The molecule has 1 saturated heterocycles. The van der Waals surface area contributed by atoms with E-state index in [0.29, 0.717) is 61.2 Å². The number of rotatable bonds is 6. The first-order valence-electron chi connectivity index (χ1n) is 11.2.